The molecule has 0 aliphatic rings. The van der Waals surface area contributed by atoms with Crippen molar-refractivity contribution in [1.29, 1.82) is 0 Å². The van der Waals surface area contributed by atoms with Crippen LogP contribution in [0, 0.1) is 6.92 Å². The van der Waals surface area contributed by atoms with Gasteiger partial charge in [-0.05, 0) is 32.0 Å². The summed E-state index contributed by atoms with van der Waals surface area (Å²) < 4.78 is 12.4. The maximum absolute atomic E-state index is 12.0. The van der Waals surface area contributed by atoms with Gasteiger partial charge in [-0.3, -0.25) is 9.78 Å². The van der Waals surface area contributed by atoms with Crippen molar-refractivity contribution in [1.82, 2.24) is 9.55 Å². The number of aromatic nitrogens is 2. The smallest absolute Gasteiger partial charge is 0.325 e. The summed E-state index contributed by atoms with van der Waals surface area (Å²) in [6, 6.07) is 7.84. The molecule has 0 aliphatic carbocycles. The number of pyridine rings is 1. The molecule has 0 unspecified atom stereocenters. The molecule has 0 spiro atoms. The normalized spacial score (nSPS) is 11.0. The fourth-order valence-electron chi connectivity index (χ4n) is 2.83. The van der Waals surface area contributed by atoms with Crippen molar-refractivity contribution in [2.75, 3.05) is 13.7 Å². The number of benzene rings is 1. The topological polar surface area (TPSA) is 53.4 Å². The molecule has 0 aliphatic heterocycles. The molecule has 0 radical (unpaired) electrons. The molecule has 1 aromatic carbocycles. The van der Waals surface area contributed by atoms with Crippen LogP contribution in [0.15, 0.2) is 30.5 Å². The second-order valence-corrected chi connectivity index (χ2v) is 5.07. The van der Waals surface area contributed by atoms with Crippen molar-refractivity contribution in [3.8, 4) is 5.75 Å². The van der Waals surface area contributed by atoms with Gasteiger partial charge in [0.05, 0.1) is 30.4 Å². The highest BCUT2D eigenvalue weighted by molar-refractivity contribution is 6.09. The Morgan fingerprint density at radius 1 is 1.27 bits per heavy atom. The quantitative estimate of drug-likeness (QED) is 0.695. The lowest BCUT2D eigenvalue weighted by atomic mass is 10.1. The van der Waals surface area contributed by atoms with Crippen molar-refractivity contribution in [3.05, 3.63) is 36.2 Å². The van der Waals surface area contributed by atoms with E-state index < -0.39 is 0 Å². The summed E-state index contributed by atoms with van der Waals surface area (Å²) in [4.78, 5) is 16.3. The molecule has 5 nitrogen and oxygen atoms in total. The third-order valence-electron chi connectivity index (χ3n) is 3.76. The first-order chi connectivity index (χ1) is 10.7. The predicted octanol–water partition coefficient (Wildman–Crippen LogP) is 3.07. The van der Waals surface area contributed by atoms with Gasteiger partial charge in [0, 0.05) is 23.0 Å². The summed E-state index contributed by atoms with van der Waals surface area (Å²) in [5.41, 5.74) is 2.79. The van der Waals surface area contributed by atoms with Crippen LogP contribution < -0.4 is 4.74 Å². The van der Waals surface area contributed by atoms with Crippen molar-refractivity contribution < 1.29 is 14.3 Å². The Kier molecular flexibility index (Phi) is 3.71. The van der Waals surface area contributed by atoms with Gasteiger partial charge in [0.2, 0.25) is 0 Å². The maximum Gasteiger partial charge on any atom is 0.325 e. The van der Waals surface area contributed by atoms with Crippen LogP contribution in [-0.4, -0.2) is 29.2 Å². The van der Waals surface area contributed by atoms with Gasteiger partial charge in [-0.15, -0.1) is 0 Å². The maximum atomic E-state index is 12.0. The highest BCUT2D eigenvalue weighted by atomic mass is 16.5. The lowest BCUT2D eigenvalue weighted by molar-refractivity contribution is -0.143. The van der Waals surface area contributed by atoms with E-state index in [1.165, 1.54) is 0 Å². The molecule has 2 heterocycles. The number of carbonyl (C=O) groups excluding carboxylic acids is 1. The summed E-state index contributed by atoms with van der Waals surface area (Å²) >= 11 is 0. The number of esters is 1. The molecule has 0 bridgehead atoms. The average molecular weight is 298 g/mol. The van der Waals surface area contributed by atoms with Gasteiger partial charge in [-0.25, -0.2) is 0 Å². The molecule has 5 heteroatoms. The Hall–Kier alpha value is -2.56. The Morgan fingerprint density at radius 2 is 2.09 bits per heavy atom. The van der Waals surface area contributed by atoms with E-state index in [-0.39, 0.29) is 12.5 Å². The van der Waals surface area contributed by atoms with E-state index in [0.29, 0.717) is 6.61 Å². The number of rotatable bonds is 4. The fraction of sp³-hybridized carbons (Fsp3) is 0.294. The Bertz CT molecular complexity index is 852. The second kappa shape index (κ2) is 5.67. The van der Waals surface area contributed by atoms with E-state index in [1.54, 1.807) is 20.2 Å². The van der Waals surface area contributed by atoms with Crippen LogP contribution in [0.2, 0.25) is 0 Å². The number of ether oxygens (including phenoxy) is 2. The second-order valence-electron chi connectivity index (χ2n) is 5.07. The molecular formula is C17H18N2O3. The van der Waals surface area contributed by atoms with Gasteiger partial charge in [-0.1, -0.05) is 0 Å². The van der Waals surface area contributed by atoms with Gasteiger partial charge in [0.15, 0.2) is 0 Å². The highest BCUT2D eigenvalue weighted by Gasteiger charge is 2.16. The van der Waals surface area contributed by atoms with Gasteiger partial charge in [-0.2, -0.15) is 0 Å². The van der Waals surface area contributed by atoms with Crippen LogP contribution >= 0.6 is 0 Å². The zero-order valence-corrected chi connectivity index (χ0v) is 12.9. The van der Waals surface area contributed by atoms with Gasteiger partial charge in [0.25, 0.3) is 0 Å². The Balaban J connectivity index is 2.30. The largest absolute Gasteiger partial charge is 0.497 e. The van der Waals surface area contributed by atoms with E-state index in [9.17, 15) is 4.79 Å². The lowest BCUT2D eigenvalue weighted by Gasteiger charge is -2.08. The minimum Gasteiger partial charge on any atom is -0.497 e. The number of fused-ring (bicyclic) bond motifs is 3. The zero-order chi connectivity index (χ0) is 15.7. The van der Waals surface area contributed by atoms with Crippen LogP contribution in [0.1, 0.15) is 12.6 Å². The van der Waals surface area contributed by atoms with E-state index in [0.717, 1.165) is 33.2 Å². The van der Waals surface area contributed by atoms with Crippen molar-refractivity contribution in [3.63, 3.8) is 0 Å². The van der Waals surface area contributed by atoms with Crippen molar-refractivity contribution in [2.45, 2.75) is 20.4 Å². The molecule has 0 saturated heterocycles. The first-order valence-electron chi connectivity index (χ1n) is 7.23. The Labute approximate surface area is 128 Å². The summed E-state index contributed by atoms with van der Waals surface area (Å²) in [7, 11) is 1.63. The van der Waals surface area contributed by atoms with Gasteiger partial charge in [0.1, 0.15) is 12.3 Å². The summed E-state index contributed by atoms with van der Waals surface area (Å²) in [5.74, 6) is 0.499. The molecule has 3 aromatic rings. The molecule has 3 rings (SSSR count). The predicted molar refractivity (Wildman–Crippen MR) is 85.2 cm³/mol. The van der Waals surface area contributed by atoms with Crippen LogP contribution in [0.5, 0.6) is 5.75 Å². The van der Waals surface area contributed by atoms with E-state index >= 15 is 0 Å². The molecule has 0 N–H and O–H groups in total. The van der Waals surface area contributed by atoms with E-state index in [2.05, 4.69) is 4.98 Å². The minimum atomic E-state index is -0.257. The molecule has 0 saturated carbocycles. The minimum absolute atomic E-state index is 0.160. The molecule has 22 heavy (non-hydrogen) atoms. The Morgan fingerprint density at radius 3 is 2.82 bits per heavy atom. The third kappa shape index (κ3) is 2.28. The van der Waals surface area contributed by atoms with E-state index in [4.69, 9.17) is 9.47 Å². The molecular weight excluding hydrogens is 280 g/mol. The fourth-order valence-corrected chi connectivity index (χ4v) is 2.83. The number of hydrogen-bond donors (Lipinski definition) is 0. The molecule has 114 valence electrons. The average Bonchev–Trinajstić information content (AvgIpc) is 2.82. The monoisotopic (exact) mass is 298 g/mol. The van der Waals surface area contributed by atoms with Crippen LogP contribution in [0.3, 0.4) is 0 Å². The first-order valence-corrected chi connectivity index (χ1v) is 7.23. The molecule has 0 fully saturated rings. The van der Waals surface area contributed by atoms with Crippen molar-refractivity contribution in [2.24, 2.45) is 0 Å². The van der Waals surface area contributed by atoms with Crippen LogP contribution in [0.25, 0.3) is 21.8 Å². The number of nitrogens with zero attached hydrogens (tertiary/aromatic N) is 2. The summed E-state index contributed by atoms with van der Waals surface area (Å²) in [6.07, 6.45) is 1.79. The van der Waals surface area contributed by atoms with Crippen LogP contribution in [-0.2, 0) is 16.1 Å². The van der Waals surface area contributed by atoms with Crippen molar-refractivity contribution >= 4 is 27.8 Å². The number of carbonyl (C=O) groups is 1. The first kappa shape index (κ1) is 14.4. The molecule has 2 aromatic heterocycles. The SMILES string of the molecule is CCOC(=O)Cn1c2cc(OC)ccc2c2ccnc(C)c21. The lowest BCUT2D eigenvalue weighted by Crippen LogP contribution is -2.13. The molecule has 0 amide bonds. The number of aryl methyl sites for hydroxylation is 1. The van der Waals surface area contributed by atoms with E-state index in [1.807, 2.05) is 35.8 Å². The summed E-state index contributed by atoms with van der Waals surface area (Å²) in [5, 5.41) is 2.15. The standard InChI is InChI=1S/C17H18N2O3/c1-4-22-16(20)10-19-15-9-12(21-3)5-6-13(15)14-7-8-18-11(2)17(14)19/h5-9H,4,10H2,1-3H3. The molecule has 0 atom stereocenters. The highest BCUT2D eigenvalue weighted by Crippen LogP contribution is 2.32. The number of methoxy groups -OCH3 is 1. The number of hydrogen-bond acceptors (Lipinski definition) is 4. The van der Waals surface area contributed by atoms with Gasteiger partial charge >= 0.3 is 5.97 Å². The van der Waals surface area contributed by atoms with Crippen LogP contribution in [0.4, 0.5) is 0 Å². The van der Waals surface area contributed by atoms with Gasteiger partial charge < -0.3 is 14.0 Å². The zero-order valence-electron chi connectivity index (χ0n) is 12.9. The third-order valence-corrected chi connectivity index (χ3v) is 3.76. The summed E-state index contributed by atoms with van der Waals surface area (Å²) in [6.45, 7) is 4.28.